The number of hydrogen-bond acceptors (Lipinski definition) is 3. The fraction of sp³-hybridized carbons (Fsp3) is 0.467. The van der Waals surface area contributed by atoms with Crippen LogP contribution in [0.3, 0.4) is 0 Å². The van der Waals surface area contributed by atoms with Crippen molar-refractivity contribution in [2.75, 3.05) is 26.4 Å². The van der Waals surface area contributed by atoms with Gasteiger partial charge < -0.3 is 10.2 Å². The van der Waals surface area contributed by atoms with E-state index in [1.165, 1.54) is 11.8 Å². The van der Waals surface area contributed by atoms with Crippen molar-refractivity contribution in [1.82, 2.24) is 10.2 Å². The summed E-state index contributed by atoms with van der Waals surface area (Å²) in [5.74, 6) is 0.696. The lowest BCUT2D eigenvalue weighted by molar-refractivity contribution is -0.125. The Balaban J connectivity index is 2.72. The van der Waals surface area contributed by atoms with Gasteiger partial charge in [0.2, 0.25) is 5.91 Å². The van der Waals surface area contributed by atoms with Gasteiger partial charge >= 0.3 is 0 Å². The Morgan fingerprint density at radius 2 is 1.90 bits per heavy atom. The zero-order chi connectivity index (χ0) is 15.1. The van der Waals surface area contributed by atoms with Crippen LogP contribution in [0.25, 0.3) is 0 Å². The molecule has 4 nitrogen and oxygen atoms in total. The van der Waals surface area contributed by atoms with Crippen molar-refractivity contribution in [3.05, 3.63) is 29.8 Å². The molecule has 5 heteroatoms. The second-order valence-electron chi connectivity index (χ2n) is 5.18. The second kappa shape index (κ2) is 7.94. The monoisotopic (exact) mass is 294 g/mol. The van der Waals surface area contributed by atoms with Gasteiger partial charge in [0, 0.05) is 25.5 Å². The average Bonchev–Trinajstić information content (AvgIpc) is 2.42. The zero-order valence-electron chi connectivity index (χ0n) is 12.5. The lowest BCUT2D eigenvalue weighted by Gasteiger charge is -2.13. The lowest BCUT2D eigenvalue weighted by atomic mass is 10.2. The molecule has 1 rings (SSSR count). The number of carbonyl (C=O) groups is 2. The number of amides is 2. The van der Waals surface area contributed by atoms with Crippen molar-refractivity contribution in [3.63, 3.8) is 0 Å². The smallest absolute Gasteiger partial charge is 0.252 e. The molecule has 110 valence electrons. The third kappa shape index (κ3) is 5.25. The van der Waals surface area contributed by atoms with Crippen LogP contribution >= 0.6 is 11.8 Å². The maximum absolute atomic E-state index is 12.1. The summed E-state index contributed by atoms with van der Waals surface area (Å²) in [6.07, 6.45) is 0. The van der Waals surface area contributed by atoms with Crippen molar-refractivity contribution >= 4 is 23.6 Å². The largest absolute Gasteiger partial charge is 0.352 e. The highest BCUT2D eigenvalue weighted by molar-refractivity contribution is 8.00. The third-order valence-corrected chi connectivity index (χ3v) is 3.71. The van der Waals surface area contributed by atoms with E-state index >= 15 is 0 Å². The molecule has 0 aliphatic heterocycles. The number of thioether (sulfide) groups is 1. The predicted octanol–water partition coefficient (Wildman–Crippen LogP) is 2.25. The molecule has 1 aromatic rings. The molecule has 0 heterocycles. The zero-order valence-corrected chi connectivity index (χ0v) is 13.3. The van der Waals surface area contributed by atoms with Gasteiger partial charge in [-0.2, -0.15) is 0 Å². The van der Waals surface area contributed by atoms with Crippen LogP contribution in [-0.2, 0) is 4.79 Å². The van der Waals surface area contributed by atoms with Crippen molar-refractivity contribution in [2.24, 2.45) is 5.92 Å². The fourth-order valence-corrected chi connectivity index (χ4v) is 2.47. The quantitative estimate of drug-likeness (QED) is 0.819. The first kappa shape index (κ1) is 16.6. The van der Waals surface area contributed by atoms with Gasteiger partial charge in [-0.3, -0.25) is 9.59 Å². The van der Waals surface area contributed by atoms with E-state index in [9.17, 15) is 9.59 Å². The van der Waals surface area contributed by atoms with Gasteiger partial charge in [0.05, 0.1) is 11.3 Å². The van der Waals surface area contributed by atoms with E-state index in [0.717, 1.165) is 4.90 Å². The van der Waals surface area contributed by atoms with E-state index in [1.807, 2.05) is 18.2 Å². The van der Waals surface area contributed by atoms with E-state index in [0.29, 0.717) is 23.8 Å². The number of carbonyl (C=O) groups excluding carboxylic acids is 2. The van der Waals surface area contributed by atoms with Crippen molar-refractivity contribution in [1.29, 1.82) is 0 Å². The number of nitrogens with zero attached hydrogens (tertiary/aromatic N) is 1. The van der Waals surface area contributed by atoms with E-state index in [-0.39, 0.29) is 11.8 Å². The van der Waals surface area contributed by atoms with Crippen LogP contribution in [0.5, 0.6) is 0 Å². The van der Waals surface area contributed by atoms with E-state index < -0.39 is 0 Å². The fourth-order valence-electron chi connectivity index (χ4n) is 1.44. The van der Waals surface area contributed by atoms with Gasteiger partial charge in [0.25, 0.3) is 5.91 Å². The standard InChI is InChI=1S/C15H22N2O2S/c1-11(2)9-16-15(19)12-7-5-6-8-13(12)20-10-14(18)17(3)4/h5-8,11H,9-10H2,1-4H3,(H,16,19). The molecule has 0 aliphatic rings. The van der Waals surface area contributed by atoms with Crippen molar-refractivity contribution < 1.29 is 9.59 Å². The molecule has 0 aliphatic carbocycles. The molecule has 20 heavy (non-hydrogen) atoms. The van der Waals surface area contributed by atoms with Crippen LogP contribution in [0.15, 0.2) is 29.2 Å². The van der Waals surface area contributed by atoms with Crippen LogP contribution in [0.4, 0.5) is 0 Å². The summed E-state index contributed by atoms with van der Waals surface area (Å²) in [6, 6.07) is 7.37. The van der Waals surface area contributed by atoms with Gasteiger partial charge in [-0.05, 0) is 18.1 Å². The Labute approximate surface area is 124 Å². The van der Waals surface area contributed by atoms with Gasteiger partial charge in [0.15, 0.2) is 0 Å². The predicted molar refractivity (Wildman–Crippen MR) is 83.0 cm³/mol. The maximum atomic E-state index is 12.1. The summed E-state index contributed by atoms with van der Waals surface area (Å²) < 4.78 is 0. The van der Waals surface area contributed by atoms with Crippen LogP contribution in [0.2, 0.25) is 0 Å². The molecule has 0 spiro atoms. The third-order valence-electron chi connectivity index (χ3n) is 2.65. The summed E-state index contributed by atoms with van der Waals surface area (Å²) in [6.45, 7) is 4.75. The van der Waals surface area contributed by atoms with Crippen LogP contribution < -0.4 is 5.32 Å². The minimum absolute atomic E-state index is 0.0346. The molecule has 0 atom stereocenters. The Hall–Kier alpha value is -1.49. The van der Waals surface area contributed by atoms with E-state index in [4.69, 9.17) is 0 Å². The number of rotatable bonds is 6. The SMILES string of the molecule is CC(C)CNC(=O)c1ccccc1SCC(=O)N(C)C. The van der Waals surface area contributed by atoms with Crippen molar-refractivity contribution in [3.8, 4) is 0 Å². The first-order chi connectivity index (χ1) is 9.41. The van der Waals surface area contributed by atoms with Crippen LogP contribution in [0, 0.1) is 5.92 Å². The molecule has 2 amide bonds. The Bertz CT molecular complexity index is 473. The molecular formula is C15H22N2O2S. The molecule has 0 unspecified atom stereocenters. The van der Waals surface area contributed by atoms with Crippen LogP contribution in [0.1, 0.15) is 24.2 Å². The Morgan fingerprint density at radius 3 is 2.50 bits per heavy atom. The summed E-state index contributed by atoms with van der Waals surface area (Å²) >= 11 is 1.39. The molecule has 0 saturated heterocycles. The minimum atomic E-state index is -0.0842. The minimum Gasteiger partial charge on any atom is -0.352 e. The molecule has 0 aromatic heterocycles. The van der Waals surface area contributed by atoms with Gasteiger partial charge in [-0.1, -0.05) is 26.0 Å². The molecule has 0 saturated carbocycles. The molecule has 0 radical (unpaired) electrons. The lowest BCUT2D eigenvalue weighted by Crippen LogP contribution is -2.28. The van der Waals surface area contributed by atoms with Crippen LogP contribution in [-0.4, -0.2) is 43.1 Å². The number of benzene rings is 1. The van der Waals surface area contributed by atoms with Crippen molar-refractivity contribution in [2.45, 2.75) is 18.7 Å². The number of nitrogens with one attached hydrogen (secondary N) is 1. The summed E-state index contributed by atoms with van der Waals surface area (Å²) in [4.78, 5) is 26.1. The van der Waals surface area contributed by atoms with Gasteiger partial charge in [-0.25, -0.2) is 0 Å². The summed E-state index contributed by atoms with van der Waals surface area (Å²) in [7, 11) is 3.45. The topological polar surface area (TPSA) is 49.4 Å². The molecular weight excluding hydrogens is 272 g/mol. The Kier molecular flexibility index (Phi) is 6.58. The highest BCUT2D eigenvalue weighted by Crippen LogP contribution is 2.22. The highest BCUT2D eigenvalue weighted by Gasteiger charge is 2.13. The van der Waals surface area contributed by atoms with Gasteiger partial charge in [0.1, 0.15) is 0 Å². The average molecular weight is 294 g/mol. The van der Waals surface area contributed by atoms with E-state index in [2.05, 4.69) is 19.2 Å². The first-order valence-electron chi connectivity index (χ1n) is 6.62. The highest BCUT2D eigenvalue weighted by atomic mass is 32.2. The second-order valence-corrected chi connectivity index (χ2v) is 6.19. The number of hydrogen-bond donors (Lipinski definition) is 1. The van der Waals surface area contributed by atoms with E-state index in [1.54, 1.807) is 25.1 Å². The van der Waals surface area contributed by atoms with Gasteiger partial charge in [-0.15, -0.1) is 11.8 Å². The normalized spacial score (nSPS) is 10.4. The first-order valence-corrected chi connectivity index (χ1v) is 7.60. The molecule has 1 aromatic carbocycles. The maximum Gasteiger partial charge on any atom is 0.252 e. The molecule has 0 fully saturated rings. The molecule has 1 N–H and O–H groups in total. The summed E-state index contributed by atoms with van der Waals surface area (Å²) in [5, 5.41) is 2.90. The molecule has 0 bridgehead atoms. The Morgan fingerprint density at radius 1 is 1.25 bits per heavy atom. The summed E-state index contributed by atoms with van der Waals surface area (Å²) in [5.41, 5.74) is 0.629.